The van der Waals surface area contributed by atoms with Crippen LogP contribution >= 0.6 is 0 Å². The van der Waals surface area contributed by atoms with E-state index in [-0.39, 0.29) is 17.9 Å². The molecule has 0 unspecified atom stereocenters. The van der Waals surface area contributed by atoms with Crippen molar-refractivity contribution in [3.8, 4) is 0 Å². The number of carboxylic acids is 1. The first-order valence-corrected chi connectivity index (χ1v) is 6.32. The average Bonchev–Trinajstić information content (AvgIpc) is 2.33. The summed E-state index contributed by atoms with van der Waals surface area (Å²) < 4.78 is 1.44. The summed E-state index contributed by atoms with van der Waals surface area (Å²) in [6.45, 7) is 3.23. The molecular formula is C14H17NO4. The molecular weight excluding hydrogens is 246 g/mol. The lowest BCUT2D eigenvalue weighted by Gasteiger charge is -2.25. The van der Waals surface area contributed by atoms with Gasteiger partial charge in [-0.1, -0.05) is 0 Å². The second-order valence-corrected chi connectivity index (χ2v) is 5.58. The lowest BCUT2D eigenvalue weighted by Crippen LogP contribution is -2.36. The van der Waals surface area contributed by atoms with Crippen LogP contribution in [0.3, 0.4) is 0 Å². The summed E-state index contributed by atoms with van der Waals surface area (Å²) in [5.41, 5.74) is -0.0488. The molecule has 0 atom stereocenters. The van der Waals surface area contributed by atoms with E-state index in [4.69, 9.17) is 5.11 Å². The molecule has 0 saturated heterocycles. The number of hydrogen-bond acceptors (Lipinski definition) is 3. The van der Waals surface area contributed by atoms with E-state index >= 15 is 0 Å². The van der Waals surface area contributed by atoms with E-state index in [1.807, 2.05) is 0 Å². The Kier molecular flexibility index (Phi) is 3.30. The van der Waals surface area contributed by atoms with Gasteiger partial charge in [-0.3, -0.25) is 14.4 Å². The molecule has 0 radical (unpaired) electrons. The molecule has 1 N–H and O–H groups in total. The molecule has 5 nitrogen and oxygen atoms in total. The maximum Gasteiger partial charge on any atom is 0.310 e. The van der Waals surface area contributed by atoms with Crippen LogP contribution in [0, 0.1) is 5.41 Å². The normalized spacial score (nSPS) is 15.2. The standard InChI is InChI=1S/C14H17NO4/c1-14(2,13(18)19)8-15-10-4-3-5-11(16)9(10)6-7-12(15)17/h6-7H,3-5,8H2,1-2H3,(H,18,19). The van der Waals surface area contributed by atoms with Crippen molar-refractivity contribution in [2.75, 3.05) is 0 Å². The molecule has 0 bridgehead atoms. The molecule has 2 rings (SSSR count). The van der Waals surface area contributed by atoms with Crippen LogP contribution in [0.15, 0.2) is 16.9 Å². The first kappa shape index (κ1) is 13.5. The van der Waals surface area contributed by atoms with Gasteiger partial charge >= 0.3 is 5.97 Å². The smallest absolute Gasteiger partial charge is 0.310 e. The maximum absolute atomic E-state index is 12.0. The Balaban J connectivity index is 2.52. The molecule has 0 aromatic carbocycles. The van der Waals surface area contributed by atoms with Gasteiger partial charge in [0, 0.05) is 30.3 Å². The van der Waals surface area contributed by atoms with Crippen LogP contribution in [0.5, 0.6) is 0 Å². The molecule has 102 valence electrons. The third kappa shape index (κ3) is 2.45. The van der Waals surface area contributed by atoms with Gasteiger partial charge in [0.05, 0.1) is 5.41 Å². The Morgan fingerprint density at radius 3 is 2.63 bits per heavy atom. The monoisotopic (exact) mass is 263 g/mol. The van der Waals surface area contributed by atoms with Crippen molar-refractivity contribution in [2.24, 2.45) is 5.41 Å². The summed E-state index contributed by atoms with van der Waals surface area (Å²) in [5.74, 6) is -0.928. The third-order valence-electron chi connectivity index (χ3n) is 3.55. The fraction of sp³-hybridized carbons (Fsp3) is 0.500. The zero-order chi connectivity index (χ0) is 14.2. The predicted molar refractivity (Wildman–Crippen MR) is 69.4 cm³/mol. The first-order valence-electron chi connectivity index (χ1n) is 6.32. The molecule has 1 aliphatic rings. The van der Waals surface area contributed by atoms with Crippen LogP contribution in [-0.4, -0.2) is 21.4 Å². The van der Waals surface area contributed by atoms with Gasteiger partial charge in [-0.25, -0.2) is 0 Å². The van der Waals surface area contributed by atoms with Gasteiger partial charge in [-0.05, 0) is 32.8 Å². The van der Waals surface area contributed by atoms with Gasteiger partial charge in [-0.2, -0.15) is 0 Å². The molecule has 1 aliphatic carbocycles. The van der Waals surface area contributed by atoms with Gasteiger partial charge < -0.3 is 9.67 Å². The Bertz CT molecular complexity index is 598. The van der Waals surface area contributed by atoms with E-state index in [1.54, 1.807) is 19.9 Å². The summed E-state index contributed by atoms with van der Waals surface area (Å²) in [6.07, 6.45) is 1.85. The fourth-order valence-corrected chi connectivity index (χ4v) is 2.33. The fourth-order valence-electron chi connectivity index (χ4n) is 2.33. The van der Waals surface area contributed by atoms with Crippen molar-refractivity contribution in [2.45, 2.75) is 39.7 Å². The molecule has 0 saturated carbocycles. The highest BCUT2D eigenvalue weighted by Crippen LogP contribution is 2.23. The van der Waals surface area contributed by atoms with Crippen molar-refractivity contribution < 1.29 is 14.7 Å². The van der Waals surface area contributed by atoms with Gasteiger partial charge in [0.25, 0.3) is 5.56 Å². The zero-order valence-electron chi connectivity index (χ0n) is 11.1. The first-order chi connectivity index (χ1) is 8.83. The molecule has 1 heterocycles. The number of carbonyl (C=O) groups excluding carboxylic acids is 1. The largest absolute Gasteiger partial charge is 0.481 e. The van der Waals surface area contributed by atoms with Gasteiger partial charge in [0.1, 0.15) is 0 Å². The van der Waals surface area contributed by atoms with Crippen LogP contribution in [0.4, 0.5) is 0 Å². The Morgan fingerprint density at radius 2 is 2.00 bits per heavy atom. The van der Waals surface area contributed by atoms with Crippen molar-refractivity contribution >= 4 is 11.8 Å². The summed E-state index contributed by atoms with van der Waals surface area (Å²) in [5, 5.41) is 9.17. The van der Waals surface area contributed by atoms with Gasteiger partial charge in [0.15, 0.2) is 5.78 Å². The van der Waals surface area contributed by atoms with Crippen molar-refractivity contribution in [1.29, 1.82) is 0 Å². The topological polar surface area (TPSA) is 76.4 Å². The molecule has 0 aliphatic heterocycles. The third-order valence-corrected chi connectivity index (χ3v) is 3.55. The number of Topliss-reactive ketones (excluding diaryl/α,β-unsaturated/α-hetero) is 1. The van der Waals surface area contributed by atoms with Crippen LogP contribution in [0.2, 0.25) is 0 Å². The Morgan fingerprint density at radius 1 is 1.32 bits per heavy atom. The molecule has 5 heteroatoms. The second kappa shape index (κ2) is 4.64. The van der Waals surface area contributed by atoms with E-state index < -0.39 is 11.4 Å². The Labute approximate surface area is 110 Å². The highest BCUT2D eigenvalue weighted by Gasteiger charge is 2.30. The van der Waals surface area contributed by atoms with E-state index in [2.05, 4.69) is 0 Å². The zero-order valence-corrected chi connectivity index (χ0v) is 11.1. The highest BCUT2D eigenvalue weighted by molar-refractivity contribution is 5.98. The van der Waals surface area contributed by atoms with Crippen LogP contribution in [0.1, 0.15) is 42.7 Å². The van der Waals surface area contributed by atoms with E-state index in [0.29, 0.717) is 30.5 Å². The van der Waals surface area contributed by atoms with Gasteiger partial charge in [-0.15, -0.1) is 0 Å². The van der Waals surface area contributed by atoms with Crippen LogP contribution < -0.4 is 5.56 Å². The number of aliphatic carboxylic acids is 1. The Hall–Kier alpha value is -1.91. The number of rotatable bonds is 3. The van der Waals surface area contributed by atoms with Crippen molar-refractivity contribution in [3.05, 3.63) is 33.7 Å². The van der Waals surface area contributed by atoms with E-state index in [1.165, 1.54) is 10.6 Å². The van der Waals surface area contributed by atoms with E-state index in [9.17, 15) is 14.4 Å². The van der Waals surface area contributed by atoms with Crippen LogP contribution in [0.25, 0.3) is 0 Å². The minimum atomic E-state index is -1.04. The predicted octanol–water partition coefficient (Wildman–Crippen LogP) is 1.48. The number of ketones is 1. The second-order valence-electron chi connectivity index (χ2n) is 5.58. The van der Waals surface area contributed by atoms with Crippen molar-refractivity contribution in [3.63, 3.8) is 0 Å². The molecule has 0 amide bonds. The number of nitrogens with zero attached hydrogens (tertiary/aromatic N) is 1. The minimum absolute atomic E-state index is 0.0307. The lowest BCUT2D eigenvalue weighted by molar-refractivity contribution is -0.147. The van der Waals surface area contributed by atoms with Crippen LogP contribution in [-0.2, 0) is 17.8 Å². The van der Waals surface area contributed by atoms with Crippen molar-refractivity contribution in [1.82, 2.24) is 4.57 Å². The minimum Gasteiger partial charge on any atom is -0.481 e. The SMILES string of the molecule is CC(C)(Cn1c2c(ccc1=O)C(=O)CCC2)C(=O)O. The molecule has 19 heavy (non-hydrogen) atoms. The molecule has 1 aromatic heterocycles. The number of carbonyl (C=O) groups is 2. The number of aromatic nitrogens is 1. The maximum atomic E-state index is 12.0. The number of fused-ring (bicyclic) bond motifs is 1. The summed E-state index contributed by atoms with van der Waals surface area (Å²) >= 11 is 0. The summed E-state index contributed by atoms with van der Waals surface area (Å²) in [6, 6.07) is 2.91. The lowest BCUT2D eigenvalue weighted by atomic mass is 9.91. The summed E-state index contributed by atoms with van der Waals surface area (Å²) in [7, 11) is 0. The number of hydrogen-bond donors (Lipinski definition) is 1. The highest BCUT2D eigenvalue weighted by atomic mass is 16.4. The molecule has 1 aromatic rings. The van der Waals surface area contributed by atoms with Gasteiger partial charge in [0.2, 0.25) is 0 Å². The molecule has 0 spiro atoms. The molecule has 0 fully saturated rings. The number of carboxylic acid groups (broad SMARTS) is 1. The quantitative estimate of drug-likeness (QED) is 0.896. The average molecular weight is 263 g/mol. The number of pyridine rings is 1. The van der Waals surface area contributed by atoms with E-state index in [0.717, 1.165) is 0 Å². The summed E-state index contributed by atoms with van der Waals surface area (Å²) in [4.78, 5) is 35.0.